The fourth-order valence-corrected chi connectivity index (χ4v) is 9.38. The van der Waals surface area contributed by atoms with Crippen molar-refractivity contribution >= 4 is 17.9 Å². The van der Waals surface area contributed by atoms with Gasteiger partial charge in [0, 0.05) is 19.3 Å². The van der Waals surface area contributed by atoms with Crippen LogP contribution in [0.1, 0.15) is 348 Å². The summed E-state index contributed by atoms with van der Waals surface area (Å²) in [6.45, 7) is 6.62. The maximum atomic E-state index is 12.8. The Bertz CT molecular complexity index is 1060. The summed E-state index contributed by atoms with van der Waals surface area (Å²) in [6.07, 6.45) is 67.0. The van der Waals surface area contributed by atoms with Gasteiger partial charge in [0.2, 0.25) is 0 Å². The summed E-state index contributed by atoms with van der Waals surface area (Å²) in [5.41, 5.74) is 0. The molecule has 0 aliphatic carbocycles. The Morgan fingerprint density at radius 2 is 0.485 bits per heavy atom. The Kier molecular flexibility index (Phi) is 56.2. The molecule has 0 aromatic heterocycles. The van der Waals surface area contributed by atoms with Crippen molar-refractivity contribution in [3.8, 4) is 0 Å². The van der Waals surface area contributed by atoms with E-state index in [4.69, 9.17) is 14.2 Å². The average molecular weight is 960 g/mol. The van der Waals surface area contributed by atoms with E-state index in [9.17, 15) is 14.4 Å². The molecule has 0 aromatic rings. The topological polar surface area (TPSA) is 78.9 Å². The number of unbranched alkanes of at least 4 members (excludes halogenated alkanes) is 44. The van der Waals surface area contributed by atoms with Gasteiger partial charge in [-0.2, -0.15) is 0 Å². The lowest BCUT2D eigenvalue weighted by Crippen LogP contribution is -2.30. The molecule has 1 atom stereocenters. The average Bonchev–Trinajstić information content (AvgIpc) is 3.34. The predicted molar refractivity (Wildman–Crippen MR) is 293 cm³/mol. The summed E-state index contributed by atoms with van der Waals surface area (Å²) in [4.78, 5) is 37.8. The summed E-state index contributed by atoms with van der Waals surface area (Å²) in [7, 11) is 0. The van der Waals surface area contributed by atoms with Gasteiger partial charge in [0.05, 0.1) is 0 Å². The highest BCUT2D eigenvalue weighted by atomic mass is 16.6. The molecule has 68 heavy (non-hydrogen) atoms. The first-order valence-corrected chi connectivity index (χ1v) is 30.7. The summed E-state index contributed by atoms with van der Waals surface area (Å²) in [6, 6.07) is 0. The fourth-order valence-electron chi connectivity index (χ4n) is 9.38. The van der Waals surface area contributed by atoms with Crippen LogP contribution in [-0.4, -0.2) is 37.2 Å². The second-order valence-electron chi connectivity index (χ2n) is 21.0. The summed E-state index contributed by atoms with van der Waals surface area (Å²) < 4.78 is 16.8. The van der Waals surface area contributed by atoms with Gasteiger partial charge in [0.15, 0.2) is 6.10 Å². The molecule has 0 aromatic carbocycles. The minimum absolute atomic E-state index is 0.0661. The number of hydrogen-bond donors (Lipinski definition) is 0. The van der Waals surface area contributed by atoms with Crippen molar-refractivity contribution in [2.45, 2.75) is 354 Å². The molecule has 0 saturated carbocycles. The molecule has 0 amide bonds. The maximum Gasteiger partial charge on any atom is 0.306 e. The van der Waals surface area contributed by atoms with Crippen molar-refractivity contribution in [3.05, 3.63) is 12.2 Å². The van der Waals surface area contributed by atoms with Crippen LogP contribution in [0.15, 0.2) is 12.2 Å². The first-order valence-electron chi connectivity index (χ1n) is 30.7. The van der Waals surface area contributed by atoms with Gasteiger partial charge >= 0.3 is 17.9 Å². The molecule has 402 valence electrons. The van der Waals surface area contributed by atoms with Crippen molar-refractivity contribution in [3.63, 3.8) is 0 Å². The molecule has 6 nitrogen and oxygen atoms in total. The zero-order valence-corrected chi connectivity index (χ0v) is 46.2. The van der Waals surface area contributed by atoms with Gasteiger partial charge in [0.25, 0.3) is 0 Å². The molecule has 6 heteroatoms. The minimum atomic E-state index is -0.764. The first kappa shape index (κ1) is 66.2. The molecule has 0 radical (unpaired) electrons. The van der Waals surface area contributed by atoms with E-state index in [0.717, 1.165) is 64.2 Å². The van der Waals surface area contributed by atoms with E-state index < -0.39 is 6.10 Å². The Morgan fingerprint density at radius 3 is 0.735 bits per heavy atom. The summed E-state index contributed by atoms with van der Waals surface area (Å²) >= 11 is 0. The summed E-state index contributed by atoms with van der Waals surface area (Å²) in [5.74, 6) is -0.859. The third-order valence-corrected chi connectivity index (χ3v) is 14.0. The molecule has 0 bridgehead atoms. The van der Waals surface area contributed by atoms with E-state index >= 15 is 0 Å². The van der Waals surface area contributed by atoms with E-state index in [2.05, 4.69) is 32.9 Å². The zero-order chi connectivity index (χ0) is 49.3. The number of hydrogen-bond acceptors (Lipinski definition) is 6. The first-order chi connectivity index (χ1) is 33.5. The van der Waals surface area contributed by atoms with Crippen LogP contribution in [-0.2, 0) is 28.6 Å². The van der Waals surface area contributed by atoms with Gasteiger partial charge < -0.3 is 14.2 Å². The Morgan fingerprint density at radius 1 is 0.279 bits per heavy atom. The summed E-state index contributed by atoms with van der Waals surface area (Å²) in [5, 5.41) is 0. The standard InChI is InChI=1S/C62H118O6/c1-4-7-10-13-15-17-19-21-23-25-27-29-30-31-33-34-36-38-40-42-44-46-49-52-55-61(64)67-58-59(57-66-60(63)54-51-48-12-9-6-3)68-62(65)56-53-50-47-45-43-41-39-37-35-32-28-26-24-22-20-18-16-14-11-8-5-2/h26,28,59H,4-25,27,29-58H2,1-3H3/b28-26-. The van der Waals surface area contributed by atoms with Crippen LogP contribution in [0.4, 0.5) is 0 Å². The number of allylic oxidation sites excluding steroid dienone is 2. The molecule has 0 N–H and O–H groups in total. The zero-order valence-electron chi connectivity index (χ0n) is 46.2. The molecule has 0 heterocycles. The van der Waals surface area contributed by atoms with Gasteiger partial charge in [-0.05, 0) is 44.9 Å². The largest absolute Gasteiger partial charge is 0.462 e. The van der Waals surface area contributed by atoms with E-state index in [-0.39, 0.29) is 31.1 Å². The van der Waals surface area contributed by atoms with Crippen LogP contribution >= 0.6 is 0 Å². The van der Waals surface area contributed by atoms with E-state index in [1.165, 1.54) is 244 Å². The lowest BCUT2D eigenvalue weighted by Gasteiger charge is -2.18. The number of carbonyl (C=O) groups excluding carboxylic acids is 3. The molecular formula is C62H118O6. The van der Waals surface area contributed by atoms with Gasteiger partial charge in [-0.15, -0.1) is 0 Å². The molecule has 0 spiro atoms. The van der Waals surface area contributed by atoms with Crippen LogP contribution in [0.25, 0.3) is 0 Å². The lowest BCUT2D eigenvalue weighted by atomic mass is 10.0. The van der Waals surface area contributed by atoms with Gasteiger partial charge in [0.1, 0.15) is 13.2 Å². The second-order valence-corrected chi connectivity index (χ2v) is 21.0. The number of ether oxygens (including phenoxy) is 3. The molecular weight excluding hydrogens is 841 g/mol. The van der Waals surface area contributed by atoms with Crippen molar-refractivity contribution < 1.29 is 28.6 Å². The molecule has 0 aliphatic rings. The number of esters is 3. The fraction of sp³-hybridized carbons (Fsp3) is 0.919. The molecule has 0 rings (SSSR count). The van der Waals surface area contributed by atoms with Crippen molar-refractivity contribution in [1.29, 1.82) is 0 Å². The second kappa shape index (κ2) is 57.7. The van der Waals surface area contributed by atoms with E-state index in [1.54, 1.807) is 0 Å². The highest BCUT2D eigenvalue weighted by molar-refractivity contribution is 5.71. The Balaban J connectivity index is 4.00. The number of rotatable bonds is 57. The van der Waals surface area contributed by atoms with E-state index in [0.29, 0.717) is 19.3 Å². The normalized spacial score (nSPS) is 12.0. The van der Waals surface area contributed by atoms with Crippen LogP contribution in [0, 0.1) is 0 Å². The molecule has 0 saturated heterocycles. The predicted octanol–water partition coefficient (Wildman–Crippen LogP) is 20.5. The smallest absolute Gasteiger partial charge is 0.306 e. The van der Waals surface area contributed by atoms with Crippen molar-refractivity contribution in [2.24, 2.45) is 0 Å². The van der Waals surface area contributed by atoms with Crippen LogP contribution in [0.5, 0.6) is 0 Å². The maximum absolute atomic E-state index is 12.8. The quantitative estimate of drug-likeness (QED) is 0.0262. The van der Waals surface area contributed by atoms with Gasteiger partial charge in [-0.1, -0.05) is 296 Å². The third-order valence-electron chi connectivity index (χ3n) is 14.0. The monoisotopic (exact) mass is 959 g/mol. The molecule has 0 aliphatic heterocycles. The Hall–Kier alpha value is -1.85. The van der Waals surface area contributed by atoms with E-state index in [1.807, 2.05) is 0 Å². The van der Waals surface area contributed by atoms with Crippen molar-refractivity contribution in [1.82, 2.24) is 0 Å². The van der Waals surface area contributed by atoms with Crippen LogP contribution < -0.4 is 0 Å². The highest BCUT2D eigenvalue weighted by Crippen LogP contribution is 2.18. The Labute approximate surface area is 424 Å². The molecule has 0 fully saturated rings. The SMILES string of the molecule is CCCCCCCCCC/C=C\CCCCCCCCCCCC(=O)OC(COC(=O)CCCCCCC)COC(=O)CCCCCCCCCCCCCCCCCCCCCCCCCC. The molecule has 1 unspecified atom stereocenters. The van der Waals surface area contributed by atoms with Crippen molar-refractivity contribution in [2.75, 3.05) is 13.2 Å². The van der Waals surface area contributed by atoms with Crippen LogP contribution in [0.3, 0.4) is 0 Å². The lowest BCUT2D eigenvalue weighted by molar-refractivity contribution is -0.167. The van der Waals surface area contributed by atoms with Crippen LogP contribution in [0.2, 0.25) is 0 Å². The minimum Gasteiger partial charge on any atom is -0.462 e. The van der Waals surface area contributed by atoms with Gasteiger partial charge in [-0.3, -0.25) is 14.4 Å². The highest BCUT2D eigenvalue weighted by Gasteiger charge is 2.19. The number of carbonyl (C=O) groups is 3. The van der Waals surface area contributed by atoms with Gasteiger partial charge in [-0.25, -0.2) is 0 Å². The third kappa shape index (κ3) is 55.1.